The van der Waals surface area contributed by atoms with Crippen molar-refractivity contribution >= 4 is 5.82 Å². The van der Waals surface area contributed by atoms with Crippen molar-refractivity contribution in [2.75, 3.05) is 18.0 Å². The smallest absolute Gasteiger partial charge is 0.171 e. The SMILES string of the molecule is OCc1ccnc(N2CC3CCCC3C2)c1F. The van der Waals surface area contributed by atoms with E-state index in [2.05, 4.69) is 4.98 Å². The predicted octanol–water partition coefficient (Wildman–Crippen LogP) is 1.95. The van der Waals surface area contributed by atoms with Gasteiger partial charge in [-0.15, -0.1) is 0 Å². The highest BCUT2D eigenvalue weighted by Crippen LogP contribution is 2.39. The average Bonchev–Trinajstić information content (AvgIpc) is 2.89. The lowest BCUT2D eigenvalue weighted by molar-refractivity contribution is 0.275. The summed E-state index contributed by atoms with van der Waals surface area (Å²) in [4.78, 5) is 6.18. The van der Waals surface area contributed by atoms with Crippen molar-refractivity contribution in [3.8, 4) is 0 Å². The third kappa shape index (κ3) is 1.80. The summed E-state index contributed by atoms with van der Waals surface area (Å²) in [6, 6.07) is 1.54. The maximum absolute atomic E-state index is 14.0. The molecule has 92 valence electrons. The van der Waals surface area contributed by atoms with Crippen molar-refractivity contribution < 1.29 is 9.50 Å². The summed E-state index contributed by atoms with van der Waals surface area (Å²) >= 11 is 0. The molecule has 2 aliphatic rings. The molecule has 2 atom stereocenters. The number of rotatable bonds is 2. The van der Waals surface area contributed by atoms with Crippen LogP contribution in [0.15, 0.2) is 12.3 Å². The highest BCUT2D eigenvalue weighted by molar-refractivity contribution is 5.44. The third-order valence-corrected chi connectivity index (χ3v) is 4.15. The second-order valence-corrected chi connectivity index (χ2v) is 5.12. The third-order valence-electron chi connectivity index (χ3n) is 4.15. The van der Waals surface area contributed by atoms with Crippen molar-refractivity contribution in [1.82, 2.24) is 4.98 Å². The van der Waals surface area contributed by atoms with E-state index in [9.17, 15) is 4.39 Å². The van der Waals surface area contributed by atoms with E-state index < -0.39 is 0 Å². The van der Waals surface area contributed by atoms with Gasteiger partial charge in [0.05, 0.1) is 6.61 Å². The second-order valence-electron chi connectivity index (χ2n) is 5.12. The Morgan fingerprint density at radius 1 is 1.35 bits per heavy atom. The molecular formula is C13H17FN2O. The van der Waals surface area contributed by atoms with Crippen LogP contribution in [-0.4, -0.2) is 23.2 Å². The van der Waals surface area contributed by atoms with Crippen LogP contribution in [-0.2, 0) is 6.61 Å². The van der Waals surface area contributed by atoms with Gasteiger partial charge in [0.1, 0.15) is 0 Å². The van der Waals surface area contributed by atoms with Gasteiger partial charge in [-0.2, -0.15) is 0 Å². The number of aliphatic hydroxyl groups excluding tert-OH is 1. The van der Waals surface area contributed by atoms with Gasteiger partial charge in [-0.25, -0.2) is 9.37 Å². The number of hydrogen-bond donors (Lipinski definition) is 1. The number of fused-ring (bicyclic) bond motifs is 1. The van der Waals surface area contributed by atoms with Crippen molar-refractivity contribution in [3.63, 3.8) is 0 Å². The zero-order chi connectivity index (χ0) is 11.8. The van der Waals surface area contributed by atoms with Crippen LogP contribution in [0.4, 0.5) is 10.2 Å². The van der Waals surface area contributed by atoms with Crippen LogP contribution in [0.3, 0.4) is 0 Å². The number of pyridine rings is 1. The first-order valence-corrected chi connectivity index (χ1v) is 6.28. The predicted molar refractivity (Wildman–Crippen MR) is 63.2 cm³/mol. The first-order chi connectivity index (χ1) is 8.29. The van der Waals surface area contributed by atoms with Gasteiger partial charge in [0.2, 0.25) is 0 Å². The van der Waals surface area contributed by atoms with Gasteiger partial charge in [0.15, 0.2) is 11.6 Å². The summed E-state index contributed by atoms with van der Waals surface area (Å²) in [5.41, 5.74) is 0.340. The molecule has 17 heavy (non-hydrogen) atoms. The summed E-state index contributed by atoms with van der Waals surface area (Å²) in [5.74, 6) is 1.50. The molecule has 3 nitrogen and oxygen atoms in total. The van der Waals surface area contributed by atoms with Crippen LogP contribution < -0.4 is 4.90 Å². The molecule has 3 rings (SSSR count). The van der Waals surface area contributed by atoms with Gasteiger partial charge in [0, 0.05) is 24.8 Å². The summed E-state index contributed by atoms with van der Waals surface area (Å²) in [5, 5.41) is 9.06. The quantitative estimate of drug-likeness (QED) is 0.852. The first-order valence-electron chi connectivity index (χ1n) is 6.28. The molecule has 2 heterocycles. The molecule has 0 aromatic carbocycles. The Hall–Kier alpha value is -1.16. The van der Waals surface area contributed by atoms with Crippen LogP contribution in [0.2, 0.25) is 0 Å². The molecule has 1 saturated heterocycles. The number of aromatic nitrogens is 1. The molecule has 1 N–H and O–H groups in total. The standard InChI is InChI=1S/C13H17FN2O/c14-12-11(8-17)4-5-15-13(12)16-6-9-2-1-3-10(9)7-16/h4-5,9-10,17H,1-3,6-8H2. The molecule has 4 heteroatoms. The lowest BCUT2D eigenvalue weighted by Gasteiger charge is -2.19. The van der Waals surface area contributed by atoms with E-state index in [0.29, 0.717) is 23.2 Å². The van der Waals surface area contributed by atoms with Gasteiger partial charge in [-0.3, -0.25) is 0 Å². The van der Waals surface area contributed by atoms with E-state index in [1.807, 2.05) is 4.90 Å². The summed E-state index contributed by atoms with van der Waals surface area (Å²) in [6.07, 6.45) is 5.43. The Bertz CT molecular complexity index is 412. The molecule has 1 aliphatic heterocycles. The Kier molecular flexibility index (Phi) is 2.74. The Balaban J connectivity index is 1.85. The molecule has 0 bridgehead atoms. The van der Waals surface area contributed by atoms with Gasteiger partial charge in [0.25, 0.3) is 0 Å². The number of halogens is 1. The fourth-order valence-corrected chi connectivity index (χ4v) is 3.22. The number of nitrogens with zero attached hydrogens (tertiary/aromatic N) is 2. The van der Waals surface area contributed by atoms with E-state index in [-0.39, 0.29) is 12.4 Å². The van der Waals surface area contributed by atoms with Gasteiger partial charge < -0.3 is 10.0 Å². The zero-order valence-corrected chi connectivity index (χ0v) is 9.77. The number of anilines is 1. The highest BCUT2D eigenvalue weighted by Gasteiger charge is 2.37. The normalized spacial score (nSPS) is 27.5. The molecule has 1 aromatic rings. The lowest BCUT2D eigenvalue weighted by atomic mass is 10.0. The van der Waals surface area contributed by atoms with Crippen molar-refractivity contribution in [3.05, 3.63) is 23.6 Å². The van der Waals surface area contributed by atoms with Crippen molar-refractivity contribution in [1.29, 1.82) is 0 Å². The van der Waals surface area contributed by atoms with E-state index in [1.165, 1.54) is 25.3 Å². The molecular weight excluding hydrogens is 219 g/mol. The van der Waals surface area contributed by atoms with Crippen molar-refractivity contribution in [2.45, 2.75) is 25.9 Å². The molecule has 0 amide bonds. The van der Waals surface area contributed by atoms with Gasteiger partial charge in [-0.05, 0) is 30.7 Å². The van der Waals surface area contributed by atoms with Gasteiger partial charge in [-0.1, -0.05) is 6.42 Å². The fraction of sp³-hybridized carbons (Fsp3) is 0.615. The molecule has 0 spiro atoms. The van der Waals surface area contributed by atoms with Crippen molar-refractivity contribution in [2.24, 2.45) is 11.8 Å². The monoisotopic (exact) mass is 236 g/mol. The minimum atomic E-state index is -0.352. The summed E-state index contributed by atoms with van der Waals surface area (Å²) < 4.78 is 14.0. The maximum Gasteiger partial charge on any atom is 0.171 e. The maximum atomic E-state index is 14.0. The highest BCUT2D eigenvalue weighted by atomic mass is 19.1. The van der Waals surface area contributed by atoms with Crippen LogP contribution in [0.25, 0.3) is 0 Å². The Morgan fingerprint density at radius 2 is 2.06 bits per heavy atom. The first kappa shape index (κ1) is 11.0. The van der Waals surface area contributed by atoms with Crippen LogP contribution in [0.1, 0.15) is 24.8 Å². The Morgan fingerprint density at radius 3 is 2.71 bits per heavy atom. The molecule has 2 fully saturated rings. The van der Waals surface area contributed by atoms with E-state index in [0.717, 1.165) is 13.1 Å². The number of aliphatic hydroxyl groups is 1. The molecule has 1 saturated carbocycles. The molecule has 1 aliphatic carbocycles. The fourth-order valence-electron chi connectivity index (χ4n) is 3.22. The minimum absolute atomic E-state index is 0.262. The van der Waals surface area contributed by atoms with Crippen LogP contribution in [0, 0.1) is 17.7 Å². The van der Waals surface area contributed by atoms with Crippen LogP contribution in [0.5, 0.6) is 0 Å². The molecule has 0 radical (unpaired) electrons. The molecule has 2 unspecified atom stereocenters. The topological polar surface area (TPSA) is 36.4 Å². The zero-order valence-electron chi connectivity index (χ0n) is 9.77. The lowest BCUT2D eigenvalue weighted by Crippen LogP contribution is -2.23. The van der Waals surface area contributed by atoms with Gasteiger partial charge >= 0.3 is 0 Å². The number of hydrogen-bond acceptors (Lipinski definition) is 3. The summed E-state index contributed by atoms with van der Waals surface area (Å²) in [6.45, 7) is 1.58. The second kappa shape index (κ2) is 4.26. The van der Waals surface area contributed by atoms with Crippen LogP contribution >= 0.6 is 0 Å². The van der Waals surface area contributed by atoms with E-state index in [4.69, 9.17) is 5.11 Å². The minimum Gasteiger partial charge on any atom is -0.392 e. The van der Waals surface area contributed by atoms with E-state index in [1.54, 1.807) is 6.20 Å². The van der Waals surface area contributed by atoms with E-state index >= 15 is 0 Å². The Labute approximate surface area is 100 Å². The summed E-state index contributed by atoms with van der Waals surface area (Å²) in [7, 11) is 0. The molecule has 1 aromatic heterocycles. The average molecular weight is 236 g/mol. The largest absolute Gasteiger partial charge is 0.392 e.